The molecule has 0 bridgehead atoms. The van der Waals surface area contributed by atoms with Crippen LogP contribution >= 0.6 is 11.6 Å². The Balaban J connectivity index is 2.24. The molecule has 0 atom stereocenters. The number of carbonyl (C=O) groups is 1. The Bertz CT molecular complexity index is 1060. The van der Waals surface area contributed by atoms with Crippen molar-refractivity contribution in [2.75, 3.05) is 24.2 Å². The molecule has 0 aliphatic rings. The number of methoxy groups -OCH3 is 1. The van der Waals surface area contributed by atoms with E-state index >= 15 is 0 Å². The summed E-state index contributed by atoms with van der Waals surface area (Å²) in [6, 6.07) is 8.97. The number of para-hydroxylation sites is 1. The number of anilines is 1. The molecular formula is C18H17ClF3N3O4S. The van der Waals surface area contributed by atoms with Crippen molar-refractivity contribution in [3.05, 3.63) is 58.6 Å². The van der Waals surface area contributed by atoms with Gasteiger partial charge >= 0.3 is 6.18 Å². The summed E-state index contributed by atoms with van der Waals surface area (Å²) in [5, 5.41) is 3.45. The van der Waals surface area contributed by atoms with Gasteiger partial charge in [-0.3, -0.25) is 9.10 Å². The number of nitrogens with one attached hydrogen (secondary N) is 1. The Morgan fingerprint density at radius 3 is 2.53 bits per heavy atom. The lowest BCUT2D eigenvalue weighted by Crippen LogP contribution is -2.39. The van der Waals surface area contributed by atoms with Gasteiger partial charge in [0.1, 0.15) is 12.3 Å². The molecule has 0 unspecified atom stereocenters. The van der Waals surface area contributed by atoms with Crippen molar-refractivity contribution in [2.45, 2.75) is 6.18 Å². The predicted molar refractivity (Wildman–Crippen MR) is 107 cm³/mol. The van der Waals surface area contributed by atoms with Crippen LogP contribution in [0.3, 0.4) is 0 Å². The van der Waals surface area contributed by atoms with Crippen LogP contribution in [-0.2, 0) is 21.0 Å². The van der Waals surface area contributed by atoms with E-state index in [2.05, 4.69) is 10.5 Å². The van der Waals surface area contributed by atoms with Crippen molar-refractivity contribution in [3.63, 3.8) is 0 Å². The number of amides is 1. The number of sulfonamides is 1. The smallest absolute Gasteiger partial charge is 0.416 e. The molecule has 0 radical (unpaired) electrons. The molecule has 0 aromatic heterocycles. The van der Waals surface area contributed by atoms with Gasteiger partial charge in [0, 0.05) is 5.56 Å². The van der Waals surface area contributed by atoms with E-state index in [1.807, 2.05) is 0 Å². The molecule has 0 spiro atoms. The fourth-order valence-electron chi connectivity index (χ4n) is 2.37. The van der Waals surface area contributed by atoms with Crippen LogP contribution in [0.25, 0.3) is 0 Å². The molecule has 0 aliphatic carbocycles. The first-order valence-corrected chi connectivity index (χ1v) is 10.5. The summed E-state index contributed by atoms with van der Waals surface area (Å²) in [6.45, 7) is -0.830. The van der Waals surface area contributed by atoms with E-state index in [1.54, 1.807) is 24.3 Å². The Labute approximate surface area is 176 Å². The second-order valence-electron chi connectivity index (χ2n) is 5.97. The highest BCUT2D eigenvalue weighted by Gasteiger charge is 2.33. The number of alkyl halides is 3. The van der Waals surface area contributed by atoms with Crippen LogP contribution in [0.4, 0.5) is 18.9 Å². The van der Waals surface area contributed by atoms with Gasteiger partial charge in [-0.15, -0.1) is 0 Å². The lowest BCUT2D eigenvalue weighted by molar-refractivity contribution is -0.137. The lowest BCUT2D eigenvalue weighted by Gasteiger charge is -2.23. The number of carbonyl (C=O) groups excluding carboxylic acids is 1. The van der Waals surface area contributed by atoms with Crippen molar-refractivity contribution in [3.8, 4) is 5.75 Å². The quantitative estimate of drug-likeness (QED) is 0.504. The summed E-state index contributed by atoms with van der Waals surface area (Å²) in [4.78, 5) is 12.2. The number of hydrogen-bond acceptors (Lipinski definition) is 5. The first-order chi connectivity index (χ1) is 13.9. The molecule has 0 saturated heterocycles. The van der Waals surface area contributed by atoms with Crippen LogP contribution in [0.1, 0.15) is 11.1 Å². The first kappa shape index (κ1) is 23.5. The third-order valence-electron chi connectivity index (χ3n) is 3.76. The SMILES string of the molecule is COc1ccccc1C=NNC(=O)CN(c1cc(C(F)(F)F)ccc1Cl)S(C)(=O)=O. The lowest BCUT2D eigenvalue weighted by atomic mass is 10.2. The van der Waals surface area contributed by atoms with E-state index in [4.69, 9.17) is 16.3 Å². The van der Waals surface area contributed by atoms with Crippen molar-refractivity contribution in [2.24, 2.45) is 5.10 Å². The van der Waals surface area contributed by atoms with Crippen molar-refractivity contribution >= 4 is 39.4 Å². The monoisotopic (exact) mass is 463 g/mol. The zero-order valence-electron chi connectivity index (χ0n) is 15.8. The zero-order chi connectivity index (χ0) is 22.5. The van der Waals surface area contributed by atoms with E-state index in [0.29, 0.717) is 27.8 Å². The van der Waals surface area contributed by atoms with Crippen LogP contribution in [0.2, 0.25) is 5.02 Å². The molecule has 1 N–H and O–H groups in total. The van der Waals surface area contributed by atoms with Gasteiger partial charge in [0.2, 0.25) is 10.0 Å². The second kappa shape index (κ2) is 9.35. The minimum Gasteiger partial charge on any atom is -0.496 e. The number of nitrogens with zero attached hydrogens (tertiary/aromatic N) is 2. The van der Waals surface area contributed by atoms with Gasteiger partial charge < -0.3 is 4.74 Å². The number of hydrazone groups is 1. The maximum Gasteiger partial charge on any atom is 0.416 e. The highest BCUT2D eigenvalue weighted by molar-refractivity contribution is 7.92. The van der Waals surface area contributed by atoms with Crippen LogP contribution < -0.4 is 14.5 Å². The molecule has 0 fully saturated rings. The van der Waals surface area contributed by atoms with Gasteiger partial charge in [0.25, 0.3) is 5.91 Å². The molecule has 0 saturated carbocycles. The number of rotatable bonds is 7. The van der Waals surface area contributed by atoms with Crippen molar-refractivity contribution < 1.29 is 31.1 Å². The minimum atomic E-state index is -4.72. The highest BCUT2D eigenvalue weighted by atomic mass is 35.5. The Kier molecular flexibility index (Phi) is 7.32. The van der Waals surface area contributed by atoms with Crippen LogP contribution in [0, 0.1) is 0 Å². The van der Waals surface area contributed by atoms with Gasteiger partial charge in [-0.25, -0.2) is 13.8 Å². The summed E-state index contributed by atoms with van der Waals surface area (Å²) in [5.74, 6) is -0.399. The Morgan fingerprint density at radius 1 is 1.27 bits per heavy atom. The van der Waals surface area contributed by atoms with E-state index in [-0.39, 0.29) is 5.02 Å². The number of ether oxygens (including phenoxy) is 1. The van der Waals surface area contributed by atoms with Crippen LogP contribution in [-0.4, -0.2) is 40.4 Å². The van der Waals surface area contributed by atoms with Crippen molar-refractivity contribution in [1.29, 1.82) is 0 Å². The standard InChI is InChI=1S/C18H17ClF3N3O4S/c1-29-16-6-4-3-5-12(16)10-23-24-17(26)11-25(30(2,27)28)15-9-13(18(20,21)22)7-8-14(15)19/h3-10H,11H2,1-2H3,(H,24,26). The minimum absolute atomic E-state index is 0.265. The Hall–Kier alpha value is -2.79. The highest BCUT2D eigenvalue weighted by Crippen LogP contribution is 2.36. The summed E-state index contributed by atoms with van der Waals surface area (Å²) in [6.07, 6.45) is -2.70. The van der Waals surface area contributed by atoms with Crippen molar-refractivity contribution in [1.82, 2.24) is 5.43 Å². The third kappa shape index (κ3) is 6.10. The molecular weight excluding hydrogens is 447 g/mol. The average Bonchev–Trinajstić information content (AvgIpc) is 2.65. The Morgan fingerprint density at radius 2 is 1.93 bits per heavy atom. The fraction of sp³-hybridized carbons (Fsp3) is 0.222. The van der Waals surface area contributed by atoms with Gasteiger partial charge in [-0.05, 0) is 30.3 Å². The summed E-state index contributed by atoms with van der Waals surface area (Å²) < 4.78 is 68.8. The van der Waals surface area contributed by atoms with E-state index < -0.39 is 39.9 Å². The molecule has 0 heterocycles. The molecule has 2 rings (SSSR count). The molecule has 2 aromatic carbocycles. The third-order valence-corrected chi connectivity index (χ3v) is 5.21. The summed E-state index contributed by atoms with van der Waals surface area (Å²) in [7, 11) is -2.68. The fourth-order valence-corrected chi connectivity index (χ4v) is 3.50. The molecule has 1 amide bonds. The van der Waals surface area contributed by atoms with E-state index in [1.165, 1.54) is 13.3 Å². The van der Waals surface area contributed by atoms with E-state index in [9.17, 15) is 26.4 Å². The first-order valence-electron chi connectivity index (χ1n) is 8.23. The van der Waals surface area contributed by atoms with Gasteiger partial charge in [-0.2, -0.15) is 18.3 Å². The zero-order valence-corrected chi connectivity index (χ0v) is 17.3. The number of hydrogen-bond donors (Lipinski definition) is 1. The van der Waals surface area contributed by atoms with Gasteiger partial charge in [0.15, 0.2) is 0 Å². The number of halogens is 4. The average molecular weight is 464 g/mol. The molecule has 12 heteroatoms. The van der Waals surface area contributed by atoms with Gasteiger partial charge in [0.05, 0.1) is 35.9 Å². The number of benzene rings is 2. The summed E-state index contributed by atoms with van der Waals surface area (Å²) in [5.41, 5.74) is 1.08. The molecule has 0 aliphatic heterocycles. The largest absolute Gasteiger partial charge is 0.496 e. The van der Waals surface area contributed by atoms with Gasteiger partial charge in [-0.1, -0.05) is 23.7 Å². The molecule has 162 valence electrons. The molecule has 30 heavy (non-hydrogen) atoms. The molecule has 2 aromatic rings. The van der Waals surface area contributed by atoms with Crippen LogP contribution in [0.5, 0.6) is 5.75 Å². The summed E-state index contributed by atoms with van der Waals surface area (Å²) >= 11 is 5.90. The maximum absolute atomic E-state index is 13.0. The van der Waals surface area contributed by atoms with Crippen LogP contribution in [0.15, 0.2) is 47.6 Å². The molecule has 7 nitrogen and oxygen atoms in total. The van der Waals surface area contributed by atoms with E-state index in [0.717, 1.165) is 12.3 Å². The topological polar surface area (TPSA) is 88.1 Å². The maximum atomic E-state index is 13.0. The predicted octanol–water partition coefficient (Wildman–Crippen LogP) is 3.28. The normalized spacial score (nSPS) is 12.1. The second-order valence-corrected chi connectivity index (χ2v) is 8.28.